The van der Waals surface area contributed by atoms with Gasteiger partial charge in [-0.15, -0.1) is 0 Å². The highest BCUT2D eigenvalue weighted by molar-refractivity contribution is 9.10. The maximum absolute atomic E-state index is 11.3. The van der Waals surface area contributed by atoms with E-state index in [1.807, 2.05) is 24.3 Å². The molecule has 0 saturated carbocycles. The molecule has 17 heavy (non-hydrogen) atoms. The molecule has 0 bridgehead atoms. The van der Waals surface area contributed by atoms with Crippen molar-refractivity contribution in [2.75, 3.05) is 19.7 Å². The predicted molar refractivity (Wildman–Crippen MR) is 64.7 cm³/mol. The van der Waals surface area contributed by atoms with Crippen molar-refractivity contribution in [2.45, 2.75) is 0 Å². The van der Waals surface area contributed by atoms with Crippen molar-refractivity contribution in [1.29, 1.82) is 0 Å². The lowest BCUT2D eigenvalue weighted by molar-refractivity contribution is -0.125. The van der Waals surface area contributed by atoms with Crippen LogP contribution in [-0.2, 0) is 4.79 Å². The van der Waals surface area contributed by atoms with Crippen LogP contribution in [0.5, 0.6) is 5.75 Å². The maximum atomic E-state index is 11.3. The number of ether oxygens (including phenoxy) is 1. The Morgan fingerprint density at radius 2 is 2.00 bits per heavy atom. The van der Waals surface area contributed by atoms with E-state index < -0.39 is 0 Å². The molecule has 1 saturated heterocycles. The van der Waals surface area contributed by atoms with Gasteiger partial charge in [-0.05, 0) is 24.3 Å². The normalized spacial score (nSPS) is 15.0. The number of nitrogens with zero attached hydrogens (tertiary/aromatic N) is 1. The molecule has 1 aliphatic rings. The molecule has 0 radical (unpaired) electrons. The van der Waals surface area contributed by atoms with Gasteiger partial charge in [0, 0.05) is 4.47 Å². The molecule has 1 N–H and O–H groups in total. The second kappa shape index (κ2) is 5.18. The van der Waals surface area contributed by atoms with Crippen molar-refractivity contribution < 1.29 is 14.3 Å². The first-order chi connectivity index (χ1) is 8.16. The number of nitrogens with one attached hydrogen (secondary N) is 1. The van der Waals surface area contributed by atoms with Gasteiger partial charge in [0.15, 0.2) is 0 Å². The van der Waals surface area contributed by atoms with Crippen LogP contribution < -0.4 is 10.1 Å². The molecule has 0 aromatic heterocycles. The zero-order valence-corrected chi connectivity index (χ0v) is 10.6. The molecular weight excluding hydrogens is 288 g/mol. The van der Waals surface area contributed by atoms with Gasteiger partial charge in [-0.25, -0.2) is 4.79 Å². The van der Waals surface area contributed by atoms with Gasteiger partial charge in [-0.1, -0.05) is 15.9 Å². The second-order valence-corrected chi connectivity index (χ2v) is 4.42. The molecule has 0 spiro atoms. The SMILES string of the molecule is O=C1CNC(=O)N1CCOc1ccc(Br)cc1. The van der Waals surface area contributed by atoms with Crippen LogP contribution in [0, 0.1) is 0 Å². The minimum atomic E-state index is -0.352. The molecule has 5 nitrogen and oxygen atoms in total. The molecule has 0 aliphatic carbocycles. The number of imide groups is 1. The number of carbonyl (C=O) groups is 2. The highest BCUT2D eigenvalue weighted by atomic mass is 79.9. The third-order valence-electron chi connectivity index (χ3n) is 2.33. The molecule has 3 amide bonds. The van der Waals surface area contributed by atoms with Crippen LogP contribution in [0.15, 0.2) is 28.7 Å². The molecule has 2 rings (SSSR count). The first-order valence-electron chi connectivity index (χ1n) is 5.13. The highest BCUT2D eigenvalue weighted by Gasteiger charge is 2.27. The molecule has 1 aromatic carbocycles. The molecular formula is C11H11BrN2O3. The lowest BCUT2D eigenvalue weighted by atomic mass is 10.3. The van der Waals surface area contributed by atoms with Crippen molar-refractivity contribution in [3.63, 3.8) is 0 Å². The van der Waals surface area contributed by atoms with E-state index in [-0.39, 0.29) is 25.0 Å². The van der Waals surface area contributed by atoms with E-state index in [2.05, 4.69) is 21.2 Å². The molecule has 1 heterocycles. The Kier molecular flexibility index (Phi) is 3.63. The van der Waals surface area contributed by atoms with E-state index in [0.717, 1.165) is 9.37 Å². The van der Waals surface area contributed by atoms with E-state index in [1.165, 1.54) is 0 Å². The average Bonchev–Trinajstić information content (AvgIpc) is 2.63. The highest BCUT2D eigenvalue weighted by Crippen LogP contribution is 2.16. The number of benzene rings is 1. The smallest absolute Gasteiger partial charge is 0.324 e. The lowest BCUT2D eigenvalue weighted by Crippen LogP contribution is -2.34. The van der Waals surface area contributed by atoms with E-state index in [4.69, 9.17) is 4.74 Å². The van der Waals surface area contributed by atoms with E-state index in [0.29, 0.717) is 12.4 Å². The topological polar surface area (TPSA) is 58.6 Å². The molecule has 90 valence electrons. The Bertz CT molecular complexity index is 417. The van der Waals surface area contributed by atoms with Crippen molar-refractivity contribution >= 4 is 27.9 Å². The number of rotatable bonds is 4. The monoisotopic (exact) mass is 298 g/mol. The third kappa shape index (κ3) is 2.97. The predicted octanol–water partition coefficient (Wildman–Crippen LogP) is 1.38. The summed E-state index contributed by atoms with van der Waals surface area (Å²) in [5.41, 5.74) is 0. The first-order valence-corrected chi connectivity index (χ1v) is 5.92. The summed E-state index contributed by atoms with van der Waals surface area (Å²) in [5, 5.41) is 2.45. The minimum Gasteiger partial charge on any atom is -0.492 e. The first kappa shape index (κ1) is 11.9. The zero-order valence-electron chi connectivity index (χ0n) is 8.98. The van der Waals surface area contributed by atoms with Gasteiger partial charge in [-0.3, -0.25) is 9.69 Å². The van der Waals surface area contributed by atoms with Crippen LogP contribution in [0.1, 0.15) is 0 Å². The van der Waals surface area contributed by atoms with Crippen molar-refractivity contribution in [1.82, 2.24) is 10.2 Å². The van der Waals surface area contributed by atoms with Crippen molar-refractivity contribution in [2.24, 2.45) is 0 Å². The fourth-order valence-electron chi connectivity index (χ4n) is 1.47. The maximum Gasteiger partial charge on any atom is 0.324 e. The Morgan fingerprint density at radius 1 is 1.29 bits per heavy atom. The summed E-state index contributed by atoms with van der Waals surface area (Å²) in [4.78, 5) is 23.6. The summed E-state index contributed by atoms with van der Waals surface area (Å²) >= 11 is 3.32. The average molecular weight is 299 g/mol. The van der Waals surface area contributed by atoms with Crippen molar-refractivity contribution in [3.8, 4) is 5.75 Å². The van der Waals surface area contributed by atoms with Crippen LogP contribution >= 0.6 is 15.9 Å². The van der Waals surface area contributed by atoms with Gasteiger partial charge < -0.3 is 10.1 Å². The number of amides is 3. The minimum absolute atomic E-state index is 0.0805. The molecule has 1 aliphatic heterocycles. The zero-order chi connectivity index (χ0) is 12.3. The quantitative estimate of drug-likeness (QED) is 0.855. The van der Waals surface area contributed by atoms with Crippen LogP contribution in [-0.4, -0.2) is 36.5 Å². The van der Waals surface area contributed by atoms with Gasteiger partial charge in [0.25, 0.3) is 0 Å². The molecule has 1 fully saturated rings. The molecule has 6 heteroatoms. The number of hydrogen-bond acceptors (Lipinski definition) is 3. The van der Waals surface area contributed by atoms with Crippen LogP contribution in [0.2, 0.25) is 0 Å². The summed E-state index contributed by atoms with van der Waals surface area (Å²) in [6.45, 7) is 0.638. The molecule has 0 unspecified atom stereocenters. The van der Waals surface area contributed by atoms with E-state index in [9.17, 15) is 9.59 Å². The lowest BCUT2D eigenvalue weighted by Gasteiger charge is -2.12. The summed E-state index contributed by atoms with van der Waals surface area (Å²) in [6, 6.07) is 7.01. The second-order valence-electron chi connectivity index (χ2n) is 3.51. The van der Waals surface area contributed by atoms with E-state index in [1.54, 1.807) is 0 Å². The number of carbonyl (C=O) groups excluding carboxylic acids is 2. The van der Waals surface area contributed by atoms with E-state index >= 15 is 0 Å². The Morgan fingerprint density at radius 3 is 2.59 bits per heavy atom. The summed E-state index contributed by atoms with van der Waals surface area (Å²) in [6.07, 6.45) is 0. The summed E-state index contributed by atoms with van der Waals surface area (Å²) in [7, 11) is 0. The number of urea groups is 1. The van der Waals surface area contributed by atoms with Gasteiger partial charge in [0.1, 0.15) is 12.4 Å². The van der Waals surface area contributed by atoms with Crippen LogP contribution in [0.3, 0.4) is 0 Å². The van der Waals surface area contributed by atoms with Gasteiger partial charge >= 0.3 is 6.03 Å². The number of hydrogen-bond donors (Lipinski definition) is 1. The number of halogens is 1. The fraction of sp³-hybridized carbons (Fsp3) is 0.273. The van der Waals surface area contributed by atoms with Gasteiger partial charge in [0.05, 0.1) is 13.1 Å². The summed E-state index contributed by atoms with van der Waals surface area (Å²) in [5.74, 6) is 0.495. The Labute approximate surface area is 107 Å². The standard InChI is InChI=1S/C11H11BrN2O3/c12-8-1-3-9(4-2-8)17-6-5-14-10(15)7-13-11(14)16/h1-4H,5-7H2,(H,13,16). The van der Waals surface area contributed by atoms with Crippen LogP contribution in [0.25, 0.3) is 0 Å². The van der Waals surface area contributed by atoms with Gasteiger partial charge in [0.2, 0.25) is 5.91 Å². The van der Waals surface area contributed by atoms with Crippen molar-refractivity contribution in [3.05, 3.63) is 28.7 Å². The summed E-state index contributed by atoms with van der Waals surface area (Å²) < 4.78 is 6.40. The largest absolute Gasteiger partial charge is 0.492 e. The fourth-order valence-corrected chi connectivity index (χ4v) is 1.73. The third-order valence-corrected chi connectivity index (χ3v) is 2.86. The Balaban J connectivity index is 1.81. The Hall–Kier alpha value is -1.56. The molecule has 1 aromatic rings. The molecule has 0 atom stereocenters. The van der Waals surface area contributed by atoms with Gasteiger partial charge in [-0.2, -0.15) is 0 Å². The van der Waals surface area contributed by atoms with Crippen LogP contribution in [0.4, 0.5) is 4.79 Å².